The molecule has 0 heterocycles. The number of rotatable bonds is 6. The molecule has 3 N–H and O–H groups in total. The fourth-order valence-electron chi connectivity index (χ4n) is 1.77. The normalized spacial score (nSPS) is 26.9. The summed E-state index contributed by atoms with van der Waals surface area (Å²) in [5, 5.41) is 9.62. The van der Waals surface area contributed by atoms with E-state index in [4.69, 9.17) is 4.74 Å². The van der Waals surface area contributed by atoms with Crippen molar-refractivity contribution in [2.24, 2.45) is 0 Å². The van der Waals surface area contributed by atoms with Crippen LogP contribution in [0.2, 0.25) is 0 Å². The lowest BCUT2D eigenvalue weighted by molar-refractivity contribution is 0.101. The number of methoxy groups -OCH3 is 1. The Morgan fingerprint density at radius 3 is 2.69 bits per heavy atom. The first-order valence-corrected chi connectivity index (χ1v) is 6.97. The van der Waals surface area contributed by atoms with E-state index < -0.39 is 16.3 Å². The van der Waals surface area contributed by atoms with E-state index >= 15 is 0 Å². The zero-order valence-corrected chi connectivity index (χ0v) is 10.3. The molecule has 0 aromatic heterocycles. The van der Waals surface area contributed by atoms with Crippen molar-refractivity contribution in [2.45, 2.75) is 37.8 Å². The lowest BCUT2D eigenvalue weighted by atomic mass is 9.93. The van der Waals surface area contributed by atoms with Crippen LogP contribution in [0.15, 0.2) is 0 Å². The van der Waals surface area contributed by atoms with Gasteiger partial charge in [0.05, 0.1) is 12.7 Å². The summed E-state index contributed by atoms with van der Waals surface area (Å²) in [5.41, 5.74) is 0. The maximum atomic E-state index is 11.5. The van der Waals surface area contributed by atoms with E-state index in [-0.39, 0.29) is 12.6 Å². The van der Waals surface area contributed by atoms with E-state index in [1.54, 1.807) is 0 Å². The molecule has 0 aliphatic heterocycles. The smallest absolute Gasteiger partial charge is 0.277 e. The molecule has 0 aromatic carbocycles. The first kappa shape index (κ1) is 13.9. The van der Waals surface area contributed by atoms with E-state index in [1.807, 2.05) is 0 Å². The topological polar surface area (TPSA) is 87.7 Å². The van der Waals surface area contributed by atoms with Gasteiger partial charge in [0, 0.05) is 19.7 Å². The van der Waals surface area contributed by atoms with Crippen LogP contribution in [0, 0.1) is 0 Å². The van der Waals surface area contributed by atoms with Crippen LogP contribution in [0.3, 0.4) is 0 Å². The highest BCUT2D eigenvalue weighted by molar-refractivity contribution is 7.87. The Labute approximate surface area is 96.6 Å². The van der Waals surface area contributed by atoms with Crippen LogP contribution in [-0.4, -0.2) is 45.9 Å². The molecule has 6 nitrogen and oxygen atoms in total. The van der Waals surface area contributed by atoms with Crippen LogP contribution in [-0.2, 0) is 14.9 Å². The predicted molar refractivity (Wildman–Crippen MR) is 60.2 cm³/mol. The van der Waals surface area contributed by atoms with E-state index in [0.29, 0.717) is 19.4 Å². The maximum Gasteiger partial charge on any atom is 0.277 e. The Bertz CT molecular complexity index is 294. The van der Waals surface area contributed by atoms with Gasteiger partial charge in [-0.25, -0.2) is 0 Å². The molecule has 2 atom stereocenters. The second kappa shape index (κ2) is 6.51. The highest BCUT2D eigenvalue weighted by Gasteiger charge is 2.26. The monoisotopic (exact) mass is 252 g/mol. The molecule has 1 rings (SSSR count). The van der Waals surface area contributed by atoms with Crippen molar-refractivity contribution in [1.82, 2.24) is 9.44 Å². The molecule has 96 valence electrons. The predicted octanol–water partition coefficient (Wildman–Crippen LogP) is -0.640. The highest BCUT2D eigenvalue weighted by atomic mass is 32.2. The number of hydrogen-bond acceptors (Lipinski definition) is 4. The second-order valence-electron chi connectivity index (χ2n) is 3.97. The number of ether oxygens (including phenoxy) is 1. The van der Waals surface area contributed by atoms with Crippen molar-refractivity contribution in [3.05, 3.63) is 0 Å². The minimum Gasteiger partial charge on any atom is -0.391 e. The lowest BCUT2D eigenvalue weighted by Gasteiger charge is -2.28. The van der Waals surface area contributed by atoms with Gasteiger partial charge in [-0.1, -0.05) is 12.8 Å². The number of aliphatic hydroxyl groups excluding tert-OH is 1. The van der Waals surface area contributed by atoms with Gasteiger partial charge in [-0.15, -0.1) is 0 Å². The Morgan fingerprint density at radius 1 is 1.38 bits per heavy atom. The van der Waals surface area contributed by atoms with Gasteiger partial charge in [-0.3, -0.25) is 0 Å². The summed E-state index contributed by atoms with van der Waals surface area (Å²) in [7, 11) is -2.02. The summed E-state index contributed by atoms with van der Waals surface area (Å²) in [6, 6.07) is -0.367. The van der Waals surface area contributed by atoms with Crippen LogP contribution in [0.25, 0.3) is 0 Å². The highest BCUT2D eigenvalue weighted by Crippen LogP contribution is 2.18. The Kier molecular flexibility index (Phi) is 5.63. The van der Waals surface area contributed by atoms with Crippen molar-refractivity contribution in [2.75, 3.05) is 20.3 Å². The fourth-order valence-corrected chi connectivity index (χ4v) is 2.88. The molecule has 0 spiro atoms. The quantitative estimate of drug-likeness (QED) is 0.549. The molecule has 16 heavy (non-hydrogen) atoms. The molecule has 0 radical (unpaired) electrons. The van der Waals surface area contributed by atoms with Crippen molar-refractivity contribution in [3.63, 3.8) is 0 Å². The van der Waals surface area contributed by atoms with Crippen molar-refractivity contribution >= 4 is 10.2 Å². The molecule has 0 unspecified atom stereocenters. The van der Waals surface area contributed by atoms with Gasteiger partial charge < -0.3 is 9.84 Å². The zero-order chi connectivity index (χ0) is 12.0. The summed E-state index contributed by atoms with van der Waals surface area (Å²) in [6.07, 6.45) is 2.67. The third kappa shape index (κ3) is 4.75. The van der Waals surface area contributed by atoms with Gasteiger partial charge in [0.25, 0.3) is 10.2 Å². The van der Waals surface area contributed by atoms with E-state index in [9.17, 15) is 13.5 Å². The molecule has 0 aromatic rings. The van der Waals surface area contributed by atoms with Crippen LogP contribution in [0.5, 0.6) is 0 Å². The molecule has 1 aliphatic rings. The Morgan fingerprint density at radius 2 is 2.06 bits per heavy atom. The average molecular weight is 252 g/mol. The summed E-state index contributed by atoms with van der Waals surface area (Å²) in [6.45, 7) is 0.558. The molecule has 0 amide bonds. The third-order valence-corrected chi connectivity index (χ3v) is 3.83. The summed E-state index contributed by atoms with van der Waals surface area (Å²) in [5.74, 6) is 0. The van der Waals surface area contributed by atoms with Gasteiger partial charge in [-0.05, 0) is 12.8 Å². The van der Waals surface area contributed by atoms with Crippen molar-refractivity contribution < 1.29 is 18.3 Å². The minimum atomic E-state index is -3.53. The summed E-state index contributed by atoms with van der Waals surface area (Å²) >= 11 is 0. The Hall–Kier alpha value is -0.210. The fraction of sp³-hybridized carbons (Fsp3) is 1.00. The van der Waals surface area contributed by atoms with E-state index in [2.05, 4.69) is 9.44 Å². The van der Waals surface area contributed by atoms with Crippen LogP contribution in [0.4, 0.5) is 0 Å². The molecule has 1 fully saturated rings. The van der Waals surface area contributed by atoms with E-state index in [1.165, 1.54) is 7.11 Å². The van der Waals surface area contributed by atoms with Gasteiger partial charge in [0.2, 0.25) is 0 Å². The summed E-state index contributed by atoms with van der Waals surface area (Å²) < 4.78 is 32.6. The SMILES string of the molecule is COCCNS(=O)(=O)N[C@H]1CCCC[C@@H]1O. The van der Waals surface area contributed by atoms with Gasteiger partial charge in [-0.2, -0.15) is 17.9 Å². The molecule has 1 aliphatic carbocycles. The molecule has 7 heteroatoms. The van der Waals surface area contributed by atoms with Crippen LogP contribution in [0.1, 0.15) is 25.7 Å². The first-order valence-electron chi connectivity index (χ1n) is 5.49. The average Bonchev–Trinajstić information content (AvgIpc) is 2.21. The largest absolute Gasteiger partial charge is 0.391 e. The molecule has 0 saturated heterocycles. The molecular formula is C9H20N2O4S. The molecule has 0 bridgehead atoms. The maximum absolute atomic E-state index is 11.5. The van der Waals surface area contributed by atoms with Crippen molar-refractivity contribution in [3.8, 4) is 0 Å². The number of aliphatic hydroxyl groups is 1. The van der Waals surface area contributed by atoms with Gasteiger partial charge >= 0.3 is 0 Å². The second-order valence-corrected chi connectivity index (χ2v) is 5.50. The standard InChI is InChI=1S/C9H20N2O4S/c1-15-7-6-10-16(13,14)11-8-4-2-3-5-9(8)12/h8-12H,2-7H2,1H3/t8-,9-/m0/s1. The van der Waals surface area contributed by atoms with E-state index in [0.717, 1.165) is 12.8 Å². The van der Waals surface area contributed by atoms with Crippen LogP contribution >= 0.6 is 0 Å². The van der Waals surface area contributed by atoms with Gasteiger partial charge in [0.15, 0.2) is 0 Å². The third-order valence-electron chi connectivity index (χ3n) is 2.63. The lowest BCUT2D eigenvalue weighted by Crippen LogP contribution is -2.49. The first-order chi connectivity index (χ1) is 7.55. The number of nitrogens with one attached hydrogen (secondary N) is 2. The molecular weight excluding hydrogens is 232 g/mol. The number of hydrogen-bond donors (Lipinski definition) is 3. The molecule has 1 saturated carbocycles. The van der Waals surface area contributed by atoms with Crippen LogP contribution < -0.4 is 9.44 Å². The minimum absolute atomic E-state index is 0.231. The Balaban J connectivity index is 2.38. The summed E-state index contributed by atoms with van der Waals surface area (Å²) in [4.78, 5) is 0. The van der Waals surface area contributed by atoms with Gasteiger partial charge in [0.1, 0.15) is 0 Å². The van der Waals surface area contributed by atoms with Crippen molar-refractivity contribution in [1.29, 1.82) is 0 Å². The zero-order valence-electron chi connectivity index (χ0n) is 9.48.